The van der Waals surface area contributed by atoms with Gasteiger partial charge in [-0.25, -0.2) is 9.29 Å². The van der Waals surface area contributed by atoms with Gasteiger partial charge in [0.15, 0.2) is 0 Å². The van der Waals surface area contributed by atoms with Gasteiger partial charge in [-0.05, 0) is 54.3 Å². The van der Waals surface area contributed by atoms with Gasteiger partial charge in [0.2, 0.25) is 0 Å². The molecule has 0 saturated carbocycles. The molecule has 0 N–H and O–H groups in total. The highest BCUT2D eigenvalue weighted by Crippen LogP contribution is 2.36. The van der Waals surface area contributed by atoms with Crippen molar-refractivity contribution in [3.8, 4) is 0 Å². The molecule has 0 fully saturated rings. The van der Waals surface area contributed by atoms with E-state index in [0.29, 0.717) is 23.5 Å². The van der Waals surface area contributed by atoms with Crippen LogP contribution in [0.3, 0.4) is 0 Å². The van der Waals surface area contributed by atoms with Crippen molar-refractivity contribution in [3.63, 3.8) is 0 Å². The van der Waals surface area contributed by atoms with Crippen LogP contribution >= 0.6 is 0 Å². The number of anilines is 1. The van der Waals surface area contributed by atoms with E-state index < -0.39 is 11.7 Å². The molecule has 0 radical (unpaired) electrons. The third kappa shape index (κ3) is 3.87. The summed E-state index contributed by atoms with van der Waals surface area (Å²) in [6.07, 6.45) is 0. The number of carbonyl (C=O) groups excluding carboxylic acids is 2. The molecule has 3 aromatic rings. The Labute approximate surface area is 181 Å². The zero-order chi connectivity index (χ0) is 22.1. The fourth-order valence-electron chi connectivity index (χ4n) is 3.86. The number of benzene rings is 3. The second-order valence-corrected chi connectivity index (χ2v) is 7.81. The van der Waals surface area contributed by atoms with E-state index in [-0.39, 0.29) is 11.5 Å². The van der Waals surface area contributed by atoms with Gasteiger partial charge in [-0.2, -0.15) is 0 Å². The van der Waals surface area contributed by atoms with Gasteiger partial charge in [0.25, 0.3) is 11.8 Å². The molecule has 5 heteroatoms. The molecule has 2 amide bonds. The summed E-state index contributed by atoms with van der Waals surface area (Å²) in [6, 6.07) is 21.1. The van der Waals surface area contributed by atoms with Crippen LogP contribution in [0.4, 0.5) is 10.1 Å². The fourth-order valence-corrected chi connectivity index (χ4v) is 3.86. The van der Waals surface area contributed by atoms with E-state index >= 15 is 0 Å². The number of hydrogen-bond acceptors (Lipinski definition) is 3. The van der Waals surface area contributed by atoms with Gasteiger partial charge in [0.05, 0.1) is 11.3 Å². The number of nitrogens with zero attached hydrogens (tertiary/aromatic N) is 2. The fraction of sp³-hybridized carbons (Fsp3) is 0.154. The van der Waals surface area contributed by atoms with Crippen molar-refractivity contribution in [2.24, 2.45) is 0 Å². The molecule has 31 heavy (non-hydrogen) atoms. The van der Waals surface area contributed by atoms with Crippen LogP contribution < -0.4 is 4.90 Å². The molecular formula is C26H23FN2O2. The highest BCUT2D eigenvalue weighted by atomic mass is 19.1. The van der Waals surface area contributed by atoms with Gasteiger partial charge in [-0.1, -0.05) is 54.6 Å². The Hall–Kier alpha value is -3.73. The summed E-state index contributed by atoms with van der Waals surface area (Å²) in [5.74, 6) is -1.18. The predicted octanol–water partition coefficient (Wildman–Crippen LogP) is 4.86. The first-order valence-electron chi connectivity index (χ1n) is 10.1. The molecule has 0 unspecified atom stereocenters. The van der Waals surface area contributed by atoms with Gasteiger partial charge in [-0.3, -0.25) is 9.59 Å². The zero-order valence-corrected chi connectivity index (χ0v) is 17.7. The Morgan fingerprint density at radius 2 is 1.55 bits per heavy atom. The van der Waals surface area contributed by atoms with Crippen molar-refractivity contribution in [1.29, 1.82) is 0 Å². The number of likely N-dealkylation sites (N-methyl/N-ethyl adjacent to an activating group) is 1. The quantitative estimate of drug-likeness (QED) is 0.560. The molecule has 0 saturated heterocycles. The van der Waals surface area contributed by atoms with Crippen molar-refractivity contribution < 1.29 is 14.0 Å². The Morgan fingerprint density at radius 1 is 0.871 bits per heavy atom. The Morgan fingerprint density at radius 3 is 2.23 bits per heavy atom. The van der Waals surface area contributed by atoms with Gasteiger partial charge in [0, 0.05) is 13.6 Å². The maximum atomic E-state index is 13.6. The van der Waals surface area contributed by atoms with Crippen LogP contribution in [0, 0.1) is 19.7 Å². The molecule has 0 spiro atoms. The molecule has 1 aliphatic heterocycles. The zero-order valence-electron chi connectivity index (χ0n) is 17.7. The first-order chi connectivity index (χ1) is 14.9. The standard InChI is InChI=1S/C26H23FN2O2/c1-17-9-10-18(2)22(15-17)29-25(30)23(20-11-13-21(27)14-12-20)24(26(29)31)28(3)16-19-7-5-4-6-8-19/h4-15H,16H2,1-3H3. The van der Waals surface area contributed by atoms with Gasteiger partial charge < -0.3 is 4.90 Å². The lowest BCUT2D eigenvalue weighted by atomic mass is 10.0. The molecule has 0 bridgehead atoms. The summed E-state index contributed by atoms with van der Waals surface area (Å²) in [4.78, 5) is 30.2. The van der Waals surface area contributed by atoms with Crippen LogP contribution in [0.5, 0.6) is 0 Å². The maximum Gasteiger partial charge on any atom is 0.282 e. The van der Waals surface area contributed by atoms with Crippen molar-refractivity contribution in [1.82, 2.24) is 4.90 Å². The summed E-state index contributed by atoms with van der Waals surface area (Å²) < 4.78 is 13.5. The van der Waals surface area contributed by atoms with Gasteiger partial charge in [0.1, 0.15) is 11.5 Å². The van der Waals surface area contributed by atoms with Crippen molar-refractivity contribution >= 4 is 23.1 Å². The van der Waals surface area contributed by atoms with Crippen LogP contribution in [0.15, 0.2) is 78.5 Å². The first kappa shape index (κ1) is 20.5. The Balaban J connectivity index is 1.83. The maximum absolute atomic E-state index is 13.6. The summed E-state index contributed by atoms with van der Waals surface area (Å²) >= 11 is 0. The lowest BCUT2D eigenvalue weighted by Gasteiger charge is -2.22. The molecule has 4 rings (SSSR count). The van der Waals surface area contributed by atoms with E-state index in [2.05, 4.69) is 0 Å². The van der Waals surface area contributed by atoms with Gasteiger partial charge >= 0.3 is 0 Å². The largest absolute Gasteiger partial charge is 0.365 e. The van der Waals surface area contributed by atoms with Crippen LogP contribution in [-0.4, -0.2) is 23.8 Å². The highest BCUT2D eigenvalue weighted by molar-refractivity contribution is 6.45. The summed E-state index contributed by atoms with van der Waals surface area (Å²) in [7, 11) is 1.80. The number of halogens is 1. The number of rotatable bonds is 5. The first-order valence-corrected chi connectivity index (χ1v) is 10.1. The molecule has 0 aromatic heterocycles. The molecule has 0 aliphatic carbocycles. The molecule has 1 heterocycles. The lowest BCUT2D eigenvalue weighted by Crippen LogP contribution is -2.34. The predicted molar refractivity (Wildman–Crippen MR) is 120 cm³/mol. The smallest absolute Gasteiger partial charge is 0.282 e. The van der Waals surface area contributed by atoms with E-state index in [4.69, 9.17) is 0 Å². The molecule has 3 aromatic carbocycles. The SMILES string of the molecule is Cc1ccc(C)c(N2C(=O)C(c3ccc(F)cc3)=C(N(C)Cc3ccccc3)C2=O)c1. The number of hydrogen-bond donors (Lipinski definition) is 0. The molecule has 1 aliphatic rings. The van der Waals surface area contributed by atoms with E-state index in [1.807, 2.05) is 62.4 Å². The monoisotopic (exact) mass is 414 g/mol. The lowest BCUT2D eigenvalue weighted by molar-refractivity contribution is -0.120. The number of carbonyl (C=O) groups is 2. The topological polar surface area (TPSA) is 40.6 Å². The van der Waals surface area contributed by atoms with Crippen LogP contribution in [0.1, 0.15) is 22.3 Å². The Kier molecular flexibility index (Phi) is 5.42. The van der Waals surface area contributed by atoms with Crippen LogP contribution in [0.25, 0.3) is 5.57 Å². The number of amides is 2. The van der Waals surface area contributed by atoms with Crippen LogP contribution in [-0.2, 0) is 16.1 Å². The third-order valence-electron chi connectivity index (χ3n) is 5.44. The minimum atomic E-state index is -0.403. The molecule has 0 atom stereocenters. The minimum absolute atomic E-state index is 0.282. The molecular weight excluding hydrogens is 391 g/mol. The van der Waals surface area contributed by atoms with E-state index in [9.17, 15) is 14.0 Å². The normalized spacial score (nSPS) is 13.9. The van der Waals surface area contributed by atoms with Gasteiger partial charge in [-0.15, -0.1) is 0 Å². The third-order valence-corrected chi connectivity index (χ3v) is 5.44. The minimum Gasteiger partial charge on any atom is -0.365 e. The number of imide groups is 1. The second-order valence-electron chi connectivity index (χ2n) is 7.81. The Bertz CT molecular complexity index is 1180. The average molecular weight is 414 g/mol. The number of aryl methyl sites for hydroxylation is 2. The second kappa shape index (κ2) is 8.19. The molecule has 156 valence electrons. The molecule has 4 nitrogen and oxygen atoms in total. The summed E-state index contributed by atoms with van der Waals surface area (Å²) in [5.41, 5.74) is 4.47. The summed E-state index contributed by atoms with van der Waals surface area (Å²) in [5, 5.41) is 0. The van der Waals surface area contributed by atoms with Crippen molar-refractivity contribution in [3.05, 3.63) is 107 Å². The van der Waals surface area contributed by atoms with E-state index in [1.165, 1.54) is 17.0 Å². The van der Waals surface area contributed by atoms with E-state index in [0.717, 1.165) is 16.7 Å². The van der Waals surface area contributed by atoms with Crippen molar-refractivity contribution in [2.75, 3.05) is 11.9 Å². The van der Waals surface area contributed by atoms with Crippen LogP contribution in [0.2, 0.25) is 0 Å². The van der Waals surface area contributed by atoms with Crippen molar-refractivity contribution in [2.45, 2.75) is 20.4 Å². The summed E-state index contributed by atoms with van der Waals surface area (Å²) in [6.45, 7) is 4.25. The highest BCUT2D eigenvalue weighted by Gasteiger charge is 2.42. The average Bonchev–Trinajstić information content (AvgIpc) is 3.01. The van der Waals surface area contributed by atoms with E-state index in [1.54, 1.807) is 24.1 Å².